The van der Waals surface area contributed by atoms with Crippen LogP contribution in [0.2, 0.25) is 0 Å². The second kappa shape index (κ2) is 8.20. The molecule has 0 saturated carbocycles. The van der Waals surface area contributed by atoms with Crippen LogP contribution >= 0.6 is 15.9 Å². The molecule has 14 heavy (non-hydrogen) atoms. The first kappa shape index (κ1) is 13.9. The molecule has 1 unspecified atom stereocenters. The number of hydrogen-bond donors (Lipinski definition) is 1. The van der Waals surface area contributed by atoms with Crippen LogP contribution in [0.1, 0.15) is 6.42 Å². The summed E-state index contributed by atoms with van der Waals surface area (Å²) in [7, 11) is 5.33. The number of rotatable bonds is 7. The van der Waals surface area contributed by atoms with E-state index in [4.69, 9.17) is 0 Å². The summed E-state index contributed by atoms with van der Waals surface area (Å²) in [5.74, 6) is -0.217. The fourth-order valence-electron chi connectivity index (χ4n) is 1.09. The van der Waals surface area contributed by atoms with Gasteiger partial charge < -0.3 is 15.0 Å². The van der Waals surface area contributed by atoms with Gasteiger partial charge in [-0.2, -0.15) is 0 Å². The van der Waals surface area contributed by atoms with Crippen molar-refractivity contribution in [2.75, 3.05) is 40.8 Å². The molecule has 0 aliphatic heterocycles. The molecule has 1 atom stereocenters. The summed E-state index contributed by atoms with van der Waals surface area (Å²) in [6.07, 6.45) is 1.08. The summed E-state index contributed by atoms with van der Waals surface area (Å²) in [5, 5.41) is 3.08. The number of methoxy groups -OCH3 is 1. The van der Waals surface area contributed by atoms with Crippen molar-refractivity contribution >= 4 is 21.9 Å². The van der Waals surface area contributed by atoms with Crippen LogP contribution in [0.25, 0.3) is 0 Å². The predicted molar refractivity (Wildman–Crippen MR) is 60.8 cm³/mol. The minimum absolute atomic E-state index is 0.217. The fraction of sp³-hybridized carbons (Fsp3) is 0.889. The Kier molecular flexibility index (Phi) is 8.12. The van der Waals surface area contributed by atoms with Crippen molar-refractivity contribution in [3.8, 4) is 0 Å². The van der Waals surface area contributed by atoms with Crippen LogP contribution in [0, 0.1) is 0 Å². The van der Waals surface area contributed by atoms with Gasteiger partial charge in [-0.3, -0.25) is 4.79 Å². The Balaban J connectivity index is 3.59. The lowest BCUT2D eigenvalue weighted by Gasteiger charge is -2.18. The van der Waals surface area contributed by atoms with Crippen molar-refractivity contribution in [2.24, 2.45) is 0 Å². The third-order valence-electron chi connectivity index (χ3n) is 1.90. The maximum atomic E-state index is 11.1. The van der Waals surface area contributed by atoms with Gasteiger partial charge >= 0.3 is 5.97 Å². The monoisotopic (exact) mass is 266 g/mol. The van der Waals surface area contributed by atoms with Crippen LogP contribution in [-0.4, -0.2) is 56.5 Å². The summed E-state index contributed by atoms with van der Waals surface area (Å²) < 4.78 is 4.61. The molecule has 0 rings (SSSR count). The number of ether oxygens (including phenoxy) is 1. The molecule has 0 fully saturated rings. The Hall–Kier alpha value is -0.130. The fourth-order valence-corrected chi connectivity index (χ4v) is 1.77. The molecule has 0 aliphatic rings. The van der Waals surface area contributed by atoms with Crippen LogP contribution in [0.4, 0.5) is 0 Å². The SMILES string of the molecule is CNCCCN(C)CC(Br)C(=O)OC. The normalized spacial score (nSPS) is 12.9. The number of hydrogen-bond acceptors (Lipinski definition) is 4. The average Bonchev–Trinajstić information content (AvgIpc) is 2.16. The minimum atomic E-state index is -0.230. The molecule has 1 N–H and O–H groups in total. The highest BCUT2D eigenvalue weighted by Gasteiger charge is 2.16. The van der Waals surface area contributed by atoms with Crippen LogP contribution in [0.3, 0.4) is 0 Å². The van der Waals surface area contributed by atoms with Gasteiger partial charge in [-0.05, 0) is 33.6 Å². The van der Waals surface area contributed by atoms with Crippen molar-refractivity contribution in [2.45, 2.75) is 11.2 Å². The molecule has 0 aromatic heterocycles. The summed E-state index contributed by atoms with van der Waals surface area (Å²) in [6.45, 7) is 2.64. The maximum Gasteiger partial charge on any atom is 0.320 e. The van der Waals surface area contributed by atoms with Gasteiger partial charge in [0.1, 0.15) is 4.83 Å². The Bertz CT molecular complexity index is 167. The van der Waals surface area contributed by atoms with Gasteiger partial charge in [-0.15, -0.1) is 0 Å². The molecule has 0 radical (unpaired) electrons. The molecule has 0 spiro atoms. The van der Waals surface area contributed by atoms with E-state index < -0.39 is 0 Å². The van der Waals surface area contributed by atoms with Gasteiger partial charge in [0.2, 0.25) is 0 Å². The molecule has 4 nitrogen and oxygen atoms in total. The Morgan fingerprint density at radius 3 is 2.79 bits per heavy atom. The van der Waals surface area contributed by atoms with E-state index in [0.717, 1.165) is 19.5 Å². The molecule has 0 heterocycles. The highest BCUT2D eigenvalue weighted by atomic mass is 79.9. The highest BCUT2D eigenvalue weighted by Crippen LogP contribution is 2.03. The molecule has 0 bridgehead atoms. The van der Waals surface area contributed by atoms with Gasteiger partial charge in [0.05, 0.1) is 7.11 Å². The van der Waals surface area contributed by atoms with E-state index in [1.807, 2.05) is 14.1 Å². The largest absolute Gasteiger partial charge is 0.468 e. The molecular formula is C9H19BrN2O2. The van der Waals surface area contributed by atoms with E-state index in [-0.39, 0.29) is 10.8 Å². The average molecular weight is 267 g/mol. The lowest BCUT2D eigenvalue weighted by Crippen LogP contribution is -2.33. The van der Waals surface area contributed by atoms with E-state index in [2.05, 4.69) is 30.9 Å². The van der Waals surface area contributed by atoms with Gasteiger partial charge in [0.25, 0.3) is 0 Å². The molecule has 0 aliphatic carbocycles. The van der Waals surface area contributed by atoms with Gasteiger partial charge in [-0.25, -0.2) is 0 Å². The number of nitrogens with one attached hydrogen (secondary N) is 1. The summed E-state index contributed by atoms with van der Waals surface area (Å²) in [6, 6.07) is 0. The van der Waals surface area contributed by atoms with E-state index in [1.54, 1.807) is 0 Å². The molecule has 0 amide bonds. The molecule has 84 valence electrons. The first-order valence-corrected chi connectivity index (χ1v) is 5.58. The summed E-state index contributed by atoms with van der Waals surface area (Å²) in [5.41, 5.74) is 0. The van der Waals surface area contributed by atoms with Gasteiger partial charge in [0, 0.05) is 6.54 Å². The molecular weight excluding hydrogens is 248 g/mol. The zero-order chi connectivity index (χ0) is 11.0. The quantitative estimate of drug-likeness (QED) is 0.413. The Morgan fingerprint density at radius 2 is 2.29 bits per heavy atom. The standard InChI is InChI=1S/C9H19BrN2O2/c1-11-5-4-6-12(2)7-8(10)9(13)14-3/h8,11H,4-7H2,1-3H3. The second-order valence-electron chi connectivity index (χ2n) is 3.21. The van der Waals surface area contributed by atoms with Crippen molar-refractivity contribution in [3.63, 3.8) is 0 Å². The number of esters is 1. The lowest BCUT2D eigenvalue weighted by molar-refractivity contribution is -0.140. The number of alkyl halides is 1. The lowest BCUT2D eigenvalue weighted by atomic mass is 10.3. The summed E-state index contributed by atoms with van der Waals surface area (Å²) in [4.78, 5) is 12.9. The molecule has 5 heteroatoms. The third-order valence-corrected chi connectivity index (χ3v) is 2.56. The smallest absolute Gasteiger partial charge is 0.320 e. The number of carbonyl (C=O) groups excluding carboxylic acids is 1. The van der Waals surface area contributed by atoms with E-state index >= 15 is 0 Å². The van der Waals surface area contributed by atoms with Crippen LogP contribution in [-0.2, 0) is 9.53 Å². The highest BCUT2D eigenvalue weighted by molar-refractivity contribution is 9.10. The van der Waals surface area contributed by atoms with Crippen LogP contribution in [0.15, 0.2) is 0 Å². The first-order chi connectivity index (χ1) is 6.61. The van der Waals surface area contributed by atoms with E-state index in [9.17, 15) is 4.79 Å². The van der Waals surface area contributed by atoms with Crippen molar-refractivity contribution in [1.29, 1.82) is 0 Å². The number of halogens is 1. The zero-order valence-electron chi connectivity index (χ0n) is 9.05. The first-order valence-electron chi connectivity index (χ1n) is 4.66. The van der Waals surface area contributed by atoms with Crippen LogP contribution < -0.4 is 5.32 Å². The molecule has 0 aromatic rings. The zero-order valence-corrected chi connectivity index (χ0v) is 10.6. The van der Waals surface area contributed by atoms with Gasteiger partial charge in [0.15, 0.2) is 0 Å². The van der Waals surface area contributed by atoms with Crippen LogP contribution in [0.5, 0.6) is 0 Å². The van der Waals surface area contributed by atoms with Crippen molar-refractivity contribution in [1.82, 2.24) is 10.2 Å². The van der Waals surface area contributed by atoms with Gasteiger partial charge in [-0.1, -0.05) is 15.9 Å². The number of nitrogens with zero attached hydrogens (tertiary/aromatic N) is 1. The topological polar surface area (TPSA) is 41.6 Å². The van der Waals surface area contributed by atoms with E-state index in [1.165, 1.54) is 7.11 Å². The number of carbonyl (C=O) groups is 1. The maximum absolute atomic E-state index is 11.1. The van der Waals surface area contributed by atoms with E-state index in [0.29, 0.717) is 6.54 Å². The Labute approximate surface area is 94.1 Å². The summed E-state index contributed by atoms with van der Waals surface area (Å²) >= 11 is 3.28. The van der Waals surface area contributed by atoms with Crippen molar-refractivity contribution in [3.05, 3.63) is 0 Å². The minimum Gasteiger partial charge on any atom is -0.468 e. The third kappa shape index (κ3) is 6.34. The molecule has 0 saturated heterocycles. The predicted octanol–water partition coefficient (Wildman–Crippen LogP) is 0.464. The second-order valence-corrected chi connectivity index (χ2v) is 4.32. The molecule has 0 aromatic carbocycles. The van der Waals surface area contributed by atoms with Crippen molar-refractivity contribution < 1.29 is 9.53 Å². The Morgan fingerprint density at radius 1 is 1.64 bits per heavy atom.